The summed E-state index contributed by atoms with van der Waals surface area (Å²) in [5.41, 5.74) is -0.797. The van der Waals surface area contributed by atoms with E-state index in [0.717, 1.165) is 0 Å². The number of anilines is 1. The highest BCUT2D eigenvalue weighted by molar-refractivity contribution is 8.00. The molecule has 1 aromatic rings. The molecule has 2 heterocycles. The molecule has 21 heavy (non-hydrogen) atoms. The van der Waals surface area contributed by atoms with Gasteiger partial charge in [0.05, 0.1) is 6.61 Å². The van der Waals surface area contributed by atoms with Gasteiger partial charge in [0.15, 0.2) is 0 Å². The molecule has 1 amide bonds. The smallest absolute Gasteiger partial charge is 0.351 e. The molecule has 1 fully saturated rings. The first kappa shape index (κ1) is 16.0. The van der Waals surface area contributed by atoms with Crippen LogP contribution in [-0.4, -0.2) is 38.4 Å². The summed E-state index contributed by atoms with van der Waals surface area (Å²) in [5, 5.41) is 11.6. The zero-order valence-electron chi connectivity index (χ0n) is 12.0. The zero-order valence-corrected chi connectivity index (χ0v) is 12.8. The van der Waals surface area contributed by atoms with Crippen LogP contribution in [0, 0.1) is 5.92 Å². The Balaban J connectivity index is 2.04. The molecule has 8 heteroatoms. The number of carbonyl (C=O) groups excluding carboxylic acids is 1. The average molecular weight is 313 g/mol. The molecule has 0 radical (unpaired) electrons. The second-order valence-corrected chi connectivity index (χ2v) is 6.38. The summed E-state index contributed by atoms with van der Waals surface area (Å²) in [6, 6.07) is 1.57. The average Bonchev–Trinajstić information content (AvgIpc) is 2.86. The summed E-state index contributed by atoms with van der Waals surface area (Å²) < 4.78 is 6.86. The van der Waals surface area contributed by atoms with Gasteiger partial charge in [0.2, 0.25) is 5.91 Å². The second-order valence-electron chi connectivity index (χ2n) is 5.18. The van der Waals surface area contributed by atoms with Crippen LogP contribution in [0.15, 0.2) is 17.1 Å². The Morgan fingerprint density at radius 1 is 1.67 bits per heavy atom. The van der Waals surface area contributed by atoms with Crippen molar-refractivity contribution >= 4 is 23.5 Å². The van der Waals surface area contributed by atoms with Crippen LogP contribution in [0.5, 0.6) is 0 Å². The van der Waals surface area contributed by atoms with Gasteiger partial charge in [-0.1, -0.05) is 13.8 Å². The van der Waals surface area contributed by atoms with Crippen molar-refractivity contribution in [2.24, 2.45) is 5.92 Å². The fraction of sp³-hybridized carbons (Fsp3) is 0.615. The highest BCUT2D eigenvalue weighted by Crippen LogP contribution is 2.30. The number of nitrogens with one attached hydrogen (secondary N) is 1. The molecule has 0 bridgehead atoms. The summed E-state index contributed by atoms with van der Waals surface area (Å²) in [5.74, 6) is 0.893. The Kier molecular flexibility index (Phi) is 5.38. The predicted octanol–water partition coefficient (Wildman–Crippen LogP) is 0.808. The van der Waals surface area contributed by atoms with Gasteiger partial charge in [0, 0.05) is 18.4 Å². The summed E-state index contributed by atoms with van der Waals surface area (Å²) in [6.07, 6.45) is 1.49. The summed E-state index contributed by atoms with van der Waals surface area (Å²) in [6.45, 7) is 3.79. The minimum atomic E-state index is -0.485. The van der Waals surface area contributed by atoms with Gasteiger partial charge >= 0.3 is 5.69 Å². The van der Waals surface area contributed by atoms with E-state index >= 15 is 0 Å². The second kappa shape index (κ2) is 7.06. The lowest BCUT2D eigenvalue weighted by molar-refractivity contribution is -0.116. The first-order valence-electron chi connectivity index (χ1n) is 6.76. The van der Waals surface area contributed by atoms with E-state index < -0.39 is 11.9 Å². The van der Waals surface area contributed by atoms with Crippen molar-refractivity contribution in [1.29, 1.82) is 0 Å². The quantitative estimate of drug-likeness (QED) is 0.835. The van der Waals surface area contributed by atoms with Crippen molar-refractivity contribution in [3.05, 3.63) is 22.7 Å². The lowest BCUT2D eigenvalue weighted by Gasteiger charge is -2.14. The van der Waals surface area contributed by atoms with Gasteiger partial charge in [-0.25, -0.2) is 4.79 Å². The van der Waals surface area contributed by atoms with Crippen LogP contribution in [-0.2, 0) is 9.53 Å². The lowest BCUT2D eigenvalue weighted by Crippen LogP contribution is -2.29. The van der Waals surface area contributed by atoms with Gasteiger partial charge in [-0.15, -0.1) is 11.8 Å². The van der Waals surface area contributed by atoms with Crippen molar-refractivity contribution in [2.75, 3.05) is 17.7 Å². The topological polar surface area (TPSA) is 93.5 Å². The Bertz CT molecular complexity index is 561. The van der Waals surface area contributed by atoms with E-state index in [-0.39, 0.29) is 29.7 Å². The number of hydrogen-bond donors (Lipinski definition) is 2. The highest BCUT2D eigenvalue weighted by atomic mass is 32.2. The molecule has 2 rings (SSSR count). The number of thioether (sulfide) groups is 1. The summed E-state index contributed by atoms with van der Waals surface area (Å²) in [4.78, 5) is 27.5. The predicted molar refractivity (Wildman–Crippen MR) is 80.0 cm³/mol. The molecule has 1 aliphatic heterocycles. The number of aromatic nitrogens is 2. The van der Waals surface area contributed by atoms with E-state index in [9.17, 15) is 9.59 Å². The molecule has 2 atom stereocenters. The molecule has 1 aromatic heterocycles. The van der Waals surface area contributed by atoms with Crippen LogP contribution in [0.1, 0.15) is 26.5 Å². The molecular weight excluding hydrogens is 294 g/mol. The molecular formula is C13H19N3O4S. The van der Waals surface area contributed by atoms with E-state index in [1.54, 1.807) is 12.3 Å². The van der Waals surface area contributed by atoms with E-state index in [2.05, 4.69) is 10.3 Å². The standard InChI is InChI=1S/C13H19N3O4S/c1-8(2)5-10(18)14-9-3-4-16(13(19)15-9)11-7-21-12(6-17)20-11/h3-4,8,11-12,17H,5-7H2,1-2H3,(H,14,15,18,19)/t11?,12-/m0/s1. The Hall–Kier alpha value is -1.38. The first-order valence-corrected chi connectivity index (χ1v) is 7.81. The van der Waals surface area contributed by atoms with Gasteiger partial charge in [0.1, 0.15) is 17.5 Å². The van der Waals surface area contributed by atoms with Crippen LogP contribution in [0.4, 0.5) is 5.82 Å². The SMILES string of the molecule is CC(C)CC(=O)Nc1ccn(C2CS[C@@H](CO)O2)c(=O)n1. The first-order chi connectivity index (χ1) is 9.99. The van der Waals surface area contributed by atoms with Gasteiger partial charge in [-0.3, -0.25) is 9.36 Å². The van der Waals surface area contributed by atoms with Gasteiger partial charge < -0.3 is 15.2 Å². The Morgan fingerprint density at radius 3 is 3.00 bits per heavy atom. The van der Waals surface area contributed by atoms with Crippen molar-refractivity contribution in [2.45, 2.75) is 31.9 Å². The van der Waals surface area contributed by atoms with Crippen molar-refractivity contribution in [1.82, 2.24) is 9.55 Å². The van der Waals surface area contributed by atoms with Gasteiger partial charge in [-0.2, -0.15) is 4.98 Å². The maximum atomic E-state index is 12.0. The number of ether oxygens (including phenoxy) is 1. The fourth-order valence-electron chi connectivity index (χ4n) is 1.95. The molecule has 0 aliphatic carbocycles. The van der Waals surface area contributed by atoms with Gasteiger partial charge in [-0.05, 0) is 12.0 Å². The molecule has 1 aliphatic rings. The lowest BCUT2D eigenvalue weighted by atomic mass is 10.1. The Morgan fingerprint density at radius 2 is 2.43 bits per heavy atom. The molecule has 0 saturated carbocycles. The zero-order chi connectivity index (χ0) is 15.4. The summed E-state index contributed by atoms with van der Waals surface area (Å²) >= 11 is 1.45. The summed E-state index contributed by atoms with van der Waals surface area (Å²) in [7, 11) is 0. The number of amides is 1. The maximum absolute atomic E-state index is 12.0. The monoisotopic (exact) mass is 313 g/mol. The van der Waals surface area contributed by atoms with Crippen LogP contribution in [0.3, 0.4) is 0 Å². The maximum Gasteiger partial charge on any atom is 0.351 e. The third-order valence-electron chi connectivity index (χ3n) is 2.88. The molecule has 1 unspecified atom stereocenters. The molecule has 2 N–H and O–H groups in total. The van der Waals surface area contributed by atoms with Crippen LogP contribution >= 0.6 is 11.8 Å². The number of aliphatic hydroxyl groups is 1. The largest absolute Gasteiger partial charge is 0.393 e. The number of carbonyl (C=O) groups is 1. The Labute approximate surface area is 126 Å². The molecule has 0 spiro atoms. The van der Waals surface area contributed by atoms with Gasteiger partial charge in [0.25, 0.3) is 0 Å². The van der Waals surface area contributed by atoms with Crippen LogP contribution in [0.25, 0.3) is 0 Å². The minimum Gasteiger partial charge on any atom is -0.393 e. The van der Waals surface area contributed by atoms with Crippen molar-refractivity contribution in [3.63, 3.8) is 0 Å². The number of rotatable bonds is 5. The van der Waals surface area contributed by atoms with Crippen molar-refractivity contribution < 1.29 is 14.6 Å². The molecule has 116 valence electrons. The highest BCUT2D eigenvalue weighted by Gasteiger charge is 2.27. The van der Waals surface area contributed by atoms with E-state index in [1.165, 1.54) is 16.3 Å². The van der Waals surface area contributed by atoms with E-state index in [0.29, 0.717) is 12.2 Å². The number of hydrogen-bond acceptors (Lipinski definition) is 6. The number of aliphatic hydroxyl groups excluding tert-OH is 1. The third kappa shape index (κ3) is 4.29. The normalized spacial score (nSPS) is 21.7. The molecule has 7 nitrogen and oxygen atoms in total. The molecule has 0 aromatic carbocycles. The molecule has 1 saturated heterocycles. The van der Waals surface area contributed by atoms with Crippen molar-refractivity contribution in [3.8, 4) is 0 Å². The van der Waals surface area contributed by atoms with E-state index in [1.807, 2.05) is 13.8 Å². The number of nitrogens with zero attached hydrogens (tertiary/aromatic N) is 2. The minimum absolute atomic E-state index is 0.0906. The third-order valence-corrected chi connectivity index (χ3v) is 3.99. The van der Waals surface area contributed by atoms with E-state index in [4.69, 9.17) is 9.84 Å². The van der Waals surface area contributed by atoms with Crippen LogP contribution < -0.4 is 11.0 Å². The fourth-order valence-corrected chi connectivity index (χ4v) is 2.88. The van der Waals surface area contributed by atoms with Crippen LogP contribution in [0.2, 0.25) is 0 Å².